The zero-order valence-electron chi connectivity index (χ0n) is 9.44. The summed E-state index contributed by atoms with van der Waals surface area (Å²) in [5.74, 6) is -0.540. The molecule has 100 valence electrons. The molecule has 1 aromatic rings. The quantitative estimate of drug-likeness (QED) is 0.733. The van der Waals surface area contributed by atoms with Crippen LogP contribution in [0.15, 0.2) is 18.2 Å². The Balaban J connectivity index is 2.87. The Hall–Kier alpha value is -1.87. The molecule has 7 nitrogen and oxygen atoms in total. The number of nitrogens with one attached hydrogen (secondary N) is 2. The van der Waals surface area contributed by atoms with E-state index in [9.17, 15) is 17.6 Å². The number of methoxy groups -OCH3 is 1. The molecule has 9 heteroatoms. The summed E-state index contributed by atoms with van der Waals surface area (Å²) in [5.41, 5.74) is 5.50. The number of ether oxygens (including phenoxy) is 1. The first-order valence-corrected chi connectivity index (χ1v) is 6.23. The molecule has 0 aliphatic rings. The van der Waals surface area contributed by atoms with Crippen LogP contribution in [0, 0.1) is 5.82 Å². The molecule has 0 aliphatic heterocycles. The van der Waals surface area contributed by atoms with E-state index < -0.39 is 22.1 Å². The van der Waals surface area contributed by atoms with Gasteiger partial charge in [-0.1, -0.05) is 0 Å². The van der Waals surface area contributed by atoms with Gasteiger partial charge in [-0.3, -0.25) is 4.72 Å². The molecule has 0 unspecified atom stereocenters. The average Bonchev–Trinajstić information content (AvgIpc) is 2.30. The van der Waals surface area contributed by atoms with E-state index in [0.29, 0.717) is 0 Å². The largest absolute Gasteiger partial charge is 0.452 e. The summed E-state index contributed by atoms with van der Waals surface area (Å²) in [6.45, 7) is -0.0775. The predicted octanol–water partition coefficient (Wildman–Crippen LogP) is 0.297. The van der Waals surface area contributed by atoms with Crippen LogP contribution in [0.25, 0.3) is 0 Å². The van der Waals surface area contributed by atoms with E-state index in [1.165, 1.54) is 12.1 Å². The van der Waals surface area contributed by atoms with Crippen molar-refractivity contribution in [1.29, 1.82) is 0 Å². The number of carbonyl (C=O) groups excluding carboxylic acids is 1. The molecule has 0 spiro atoms. The smallest absolute Gasteiger partial charge is 0.422 e. The van der Waals surface area contributed by atoms with Crippen molar-refractivity contribution in [2.75, 3.05) is 11.8 Å². The lowest BCUT2D eigenvalue weighted by molar-refractivity contribution is 0.177. The van der Waals surface area contributed by atoms with Gasteiger partial charge in [-0.15, -0.1) is 0 Å². The molecule has 0 radical (unpaired) electrons. The number of benzene rings is 1. The second-order valence-corrected chi connectivity index (χ2v) is 4.62. The van der Waals surface area contributed by atoms with Crippen molar-refractivity contribution in [2.45, 2.75) is 6.54 Å². The zero-order chi connectivity index (χ0) is 13.8. The molecule has 0 aromatic heterocycles. The van der Waals surface area contributed by atoms with Crippen LogP contribution in [0.5, 0.6) is 0 Å². The third kappa shape index (κ3) is 3.86. The maximum absolute atomic E-state index is 13.1. The summed E-state index contributed by atoms with van der Waals surface area (Å²) in [7, 11) is -3.10. The molecule has 1 amide bonds. The van der Waals surface area contributed by atoms with Gasteiger partial charge in [-0.25, -0.2) is 13.9 Å². The maximum Gasteiger partial charge on any atom is 0.422 e. The third-order valence-corrected chi connectivity index (χ3v) is 2.86. The highest BCUT2D eigenvalue weighted by Gasteiger charge is 2.15. The lowest BCUT2D eigenvalue weighted by Gasteiger charge is -2.09. The lowest BCUT2D eigenvalue weighted by atomic mass is 10.2. The van der Waals surface area contributed by atoms with E-state index in [-0.39, 0.29) is 17.8 Å². The van der Waals surface area contributed by atoms with Gasteiger partial charge >= 0.3 is 16.3 Å². The molecule has 18 heavy (non-hydrogen) atoms. The number of hydrogen-bond donors (Lipinski definition) is 3. The number of amides is 1. The average molecular weight is 277 g/mol. The monoisotopic (exact) mass is 277 g/mol. The standard InChI is InChI=1S/C9H12FN3O4S/c1-17-9(14)13-18(15,16)12-7-2-3-8(10)6(4-7)5-11/h2-4,12H,5,11H2,1H3,(H,13,14). The van der Waals surface area contributed by atoms with Gasteiger partial charge in [0.15, 0.2) is 0 Å². The Kier molecular flexibility index (Phi) is 4.45. The molecule has 0 saturated carbocycles. The van der Waals surface area contributed by atoms with Gasteiger partial charge in [0.05, 0.1) is 12.8 Å². The first-order valence-electron chi connectivity index (χ1n) is 4.75. The van der Waals surface area contributed by atoms with Crippen molar-refractivity contribution < 1.29 is 22.3 Å². The van der Waals surface area contributed by atoms with Crippen LogP contribution in [0.2, 0.25) is 0 Å². The van der Waals surface area contributed by atoms with E-state index in [1.54, 1.807) is 4.72 Å². The van der Waals surface area contributed by atoms with E-state index >= 15 is 0 Å². The minimum absolute atomic E-state index is 0.0771. The second kappa shape index (κ2) is 5.65. The SMILES string of the molecule is COC(=O)NS(=O)(=O)Nc1ccc(F)c(CN)c1. The minimum Gasteiger partial charge on any atom is -0.452 e. The fourth-order valence-corrected chi connectivity index (χ4v) is 1.92. The van der Waals surface area contributed by atoms with Gasteiger partial charge in [0, 0.05) is 12.1 Å². The summed E-state index contributed by atoms with van der Waals surface area (Å²) < 4.78 is 43.7. The van der Waals surface area contributed by atoms with E-state index in [0.717, 1.165) is 13.2 Å². The van der Waals surface area contributed by atoms with Gasteiger partial charge in [0.1, 0.15) is 5.82 Å². The van der Waals surface area contributed by atoms with Crippen molar-refractivity contribution in [2.24, 2.45) is 5.73 Å². The van der Waals surface area contributed by atoms with Gasteiger partial charge in [0.25, 0.3) is 0 Å². The van der Waals surface area contributed by atoms with Crippen molar-refractivity contribution in [3.05, 3.63) is 29.6 Å². The topological polar surface area (TPSA) is 111 Å². The number of hydrogen-bond acceptors (Lipinski definition) is 5. The van der Waals surface area contributed by atoms with Crippen LogP contribution in [0.1, 0.15) is 5.56 Å². The molecule has 0 heterocycles. The van der Waals surface area contributed by atoms with Crippen molar-refractivity contribution in [3.63, 3.8) is 0 Å². The fourth-order valence-electron chi connectivity index (χ4n) is 1.13. The number of nitrogens with two attached hydrogens (primary N) is 1. The van der Waals surface area contributed by atoms with Gasteiger partial charge < -0.3 is 10.5 Å². The molecule has 0 atom stereocenters. The number of carbonyl (C=O) groups is 1. The van der Waals surface area contributed by atoms with Crippen LogP contribution < -0.4 is 15.2 Å². The molecule has 4 N–H and O–H groups in total. The molecule has 0 fully saturated rings. The molecular formula is C9H12FN3O4S. The van der Waals surface area contributed by atoms with E-state index in [4.69, 9.17) is 5.73 Å². The summed E-state index contributed by atoms with van der Waals surface area (Å²) in [5, 5.41) is 0. The van der Waals surface area contributed by atoms with Crippen molar-refractivity contribution in [1.82, 2.24) is 4.72 Å². The maximum atomic E-state index is 13.1. The predicted molar refractivity (Wildman–Crippen MR) is 62.4 cm³/mol. The van der Waals surface area contributed by atoms with Crippen LogP contribution in [-0.4, -0.2) is 21.6 Å². The Morgan fingerprint density at radius 3 is 2.72 bits per heavy atom. The van der Waals surface area contributed by atoms with Crippen LogP contribution in [0.3, 0.4) is 0 Å². The lowest BCUT2D eigenvalue weighted by Crippen LogP contribution is -2.35. The zero-order valence-corrected chi connectivity index (χ0v) is 10.3. The highest BCUT2D eigenvalue weighted by Crippen LogP contribution is 2.15. The van der Waals surface area contributed by atoms with Crippen LogP contribution >= 0.6 is 0 Å². The highest BCUT2D eigenvalue weighted by atomic mass is 32.2. The van der Waals surface area contributed by atoms with Crippen LogP contribution in [-0.2, 0) is 21.5 Å². The fraction of sp³-hybridized carbons (Fsp3) is 0.222. The van der Waals surface area contributed by atoms with E-state index in [2.05, 4.69) is 4.74 Å². The first kappa shape index (κ1) is 14.2. The molecule has 0 aliphatic carbocycles. The summed E-state index contributed by atoms with van der Waals surface area (Å²) in [4.78, 5) is 10.8. The van der Waals surface area contributed by atoms with Crippen molar-refractivity contribution >= 4 is 22.0 Å². The molecule has 0 bridgehead atoms. The van der Waals surface area contributed by atoms with Crippen LogP contribution in [0.4, 0.5) is 14.9 Å². The highest BCUT2D eigenvalue weighted by molar-refractivity contribution is 7.91. The molecule has 0 saturated heterocycles. The number of halogens is 1. The normalized spacial score (nSPS) is 10.8. The van der Waals surface area contributed by atoms with Crippen molar-refractivity contribution in [3.8, 4) is 0 Å². The third-order valence-electron chi connectivity index (χ3n) is 1.92. The summed E-state index contributed by atoms with van der Waals surface area (Å²) >= 11 is 0. The van der Waals surface area contributed by atoms with Gasteiger partial charge in [-0.2, -0.15) is 8.42 Å². The van der Waals surface area contributed by atoms with E-state index in [1.807, 2.05) is 4.72 Å². The molecule has 1 aromatic carbocycles. The molecule has 1 rings (SSSR count). The number of anilines is 1. The summed E-state index contributed by atoms with van der Waals surface area (Å²) in [6, 6.07) is 3.50. The van der Waals surface area contributed by atoms with Gasteiger partial charge in [-0.05, 0) is 18.2 Å². The minimum atomic E-state index is -4.12. The first-order chi connectivity index (χ1) is 8.38. The second-order valence-electron chi connectivity index (χ2n) is 3.21. The van der Waals surface area contributed by atoms with Gasteiger partial charge in [0.2, 0.25) is 0 Å². The molecular weight excluding hydrogens is 265 g/mol. The Labute approximate surface area is 103 Å². The Morgan fingerprint density at radius 2 is 2.17 bits per heavy atom. The number of rotatable bonds is 4. The summed E-state index contributed by atoms with van der Waals surface area (Å²) in [6.07, 6.45) is -1.14. The Morgan fingerprint density at radius 1 is 1.50 bits per heavy atom. The Bertz CT molecular complexity index is 547.